The highest BCUT2D eigenvalue weighted by atomic mass is 16.2. The molecule has 6 rings (SSSR count). The van der Waals surface area contributed by atoms with Crippen molar-refractivity contribution in [3.8, 4) is 0 Å². The molecule has 5 heterocycles. The average molecular weight is 425 g/mol. The van der Waals surface area contributed by atoms with Crippen LogP contribution in [0.15, 0.2) is 60.9 Å². The molecular weight excluding hydrogens is 402 g/mol. The van der Waals surface area contributed by atoms with E-state index in [0.29, 0.717) is 18.7 Å². The molecule has 1 fully saturated rings. The number of carbonyl (C=O) groups is 2. The fourth-order valence-electron chi connectivity index (χ4n) is 5.57. The molecule has 2 aromatic heterocycles. The van der Waals surface area contributed by atoms with Gasteiger partial charge in [0.2, 0.25) is 5.91 Å². The van der Waals surface area contributed by atoms with Crippen molar-refractivity contribution in [1.82, 2.24) is 14.9 Å². The number of aromatic nitrogens is 2. The maximum Gasteiger partial charge on any atom is 0.273 e. The van der Waals surface area contributed by atoms with Gasteiger partial charge in [-0.2, -0.15) is 0 Å². The summed E-state index contributed by atoms with van der Waals surface area (Å²) in [5, 5.41) is 3.05. The first-order valence-corrected chi connectivity index (χ1v) is 10.9. The largest absolute Gasteiger partial charge is 0.359 e. The second kappa shape index (κ2) is 6.88. The van der Waals surface area contributed by atoms with Crippen LogP contribution in [0.5, 0.6) is 0 Å². The Morgan fingerprint density at radius 3 is 2.84 bits per heavy atom. The minimum Gasteiger partial charge on any atom is -0.359 e. The van der Waals surface area contributed by atoms with Crippen LogP contribution in [0.25, 0.3) is 0 Å². The Labute approximate surface area is 186 Å². The fourth-order valence-corrected chi connectivity index (χ4v) is 5.57. The number of pyridine rings is 2. The van der Waals surface area contributed by atoms with E-state index in [1.54, 1.807) is 12.4 Å². The van der Waals surface area contributed by atoms with Crippen LogP contribution in [0.3, 0.4) is 0 Å². The molecule has 1 aromatic carbocycles. The first kappa shape index (κ1) is 19.0. The van der Waals surface area contributed by atoms with Gasteiger partial charge in [0.25, 0.3) is 5.91 Å². The summed E-state index contributed by atoms with van der Waals surface area (Å²) in [5.74, 6) is 0.646. The van der Waals surface area contributed by atoms with Gasteiger partial charge in [-0.3, -0.25) is 14.6 Å². The van der Waals surface area contributed by atoms with E-state index in [-0.39, 0.29) is 11.8 Å². The first-order chi connectivity index (χ1) is 15.6. The average Bonchev–Trinajstić information content (AvgIpc) is 3.49. The predicted molar refractivity (Wildman–Crippen MR) is 121 cm³/mol. The summed E-state index contributed by atoms with van der Waals surface area (Å²) in [5.41, 5.74) is 3.34. The van der Waals surface area contributed by atoms with Crippen molar-refractivity contribution in [3.63, 3.8) is 0 Å². The number of para-hydroxylation sites is 1. The Hall–Kier alpha value is -3.74. The van der Waals surface area contributed by atoms with Crippen molar-refractivity contribution in [1.29, 1.82) is 0 Å². The molecule has 0 radical (unpaired) electrons. The number of nitrogens with one attached hydrogen (secondary N) is 1. The number of likely N-dealkylation sites (N-methyl/N-ethyl adjacent to an activating group) is 1. The van der Waals surface area contributed by atoms with Crippen LogP contribution in [0.4, 0.5) is 11.5 Å². The smallest absolute Gasteiger partial charge is 0.273 e. The second-order valence-electron chi connectivity index (χ2n) is 8.76. The third-order valence-corrected chi connectivity index (χ3v) is 7.10. The Balaban J connectivity index is 1.47. The molecule has 0 saturated carbocycles. The van der Waals surface area contributed by atoms with E-state index < -0.39 is 11.5 Å². The standard InChI is InChI=1S/C25H23N5O2/c1-29-13-10-16-8-9-20(27-22(16)29)23(31)30-14-11-25(21(30)17-5-4-12-26-15-17)18-6-2-3-7-19(18)28-24(25)32/h2-9,12,15,21H,10-11,13-14H2,1H3,(H,28,32). The molecule has 2 atom stereocenters. The number of nitrogens with zero attached hydrogens (tertiary/aromatic N) is 4. The number of carbonyl (C=O) groups excluding carboxylic acids is 2. The van der Waals surface area contributed by atoms with Gasteiger partial charge in [0.05, 0.1) is 6.04 Å². The summed E-state index contributed by atoms with van der Waals surface area (Å²) in [6.07, 6.45) is 4.95. The van der Waals surface area contributed by atoms with E-state index >= 15 is 0 Å². The maximum absolute atomic E-state index is 13.8. The molecule has 7 nitrogen and oxygen atoms in total. The monoisotopic (exact) mass is 425 g/mol. The van der Waals surface area contributed by atoms with Crippen LogP contribution in [-0.2, 0) is 16.6 Å². The molecule has 1 spiro atoms. The normalized spacial score (nSPS) is 23.4. The van der Waals surface area contributed by atoms with Gasteiger partial charge in [0, 0.05) is 38.2 Å². The van der Waals surface area contributed by atoms with Gasteiger partial charge in [-0.1, -0.05) is 30.3 Å². The summed E-state index contributed by atoms with van der Waals surface area (Å²) in [7, 11) is 2.00. The summed E-state index contributed by atoms with van der Waals surface area (Å²) in [6, 6.07) is 14.9. The third kappa shape index (κ3) is 2.54. The minimum absolute atomic E-state index is 0.0653. The number of hydrogen-bond acceptors (Lipinski definition) is 5. The van der Waals surface area contributed by atoms with Gasteiger partial charge in [0.1, 0.15) is 16.9 Å². The molecule has 3 aromatic rings. The Bertz CT molecular complexity index is 1240. The van der Waals surface area contributed by atoms with Gasteiger partial charge in [0.15, 0.2) is 0 Å². The molecule has 160 valence electrons. The molecule has 1 N–H and O–H groups in total. The Morgan fingerprint density at radius 2 is 2.00 bits per heavy atom. The molecule has 0 bridgehead atoms. The number of likely N-dealkylation sites (tertiary alicyclic amines) is 1. The van der Waals surface area contributed by atoms with Crippen molar-refractivity contribution in [2.24, 2.45) is 0 Å². The quantitative estimate of drug-likeness (QED) is 0.683. The Kier molecular flexibility index (Phi) is 4.08. The molecule has 7 heteroatoms. The zero-order chi connectivity index (χ0) is 21.9. The summed E-state index contributed by atoms with van der Waals surface area (Å²) < 4.78 is 0. The number of amides is 2. The summed E-state index contributed by atoms with van der Waals surface area (Å²) >= 11 is 0. The van der Waals surface area contributed by atoms with Crippen LogP contribution >= 0.6 is 0 Å². The van der Waals surface area contributed by atoms with Crippen molar-refractivity contribution in [2.75, 3.05) is 30.4 Å². The molecule has 3 aliphatic rings. The van der Waals surface area contributed by atoms with Gasteiger partial charge in [-0.05, 0) is 47.7 Å². The van der Waals surface area contributed by atoms with Crippen LogP contribution in [0.2, 0.25) is 0 Å². The van der Waals surface area contributed by atoms with Gasteiger partial charge < -0.3 is 15.1 Å². The van der Waals surface area contributed by atoms with Crippen molar-refractivity contribution >= 4 is 23.3 Å². The van der Waals surface area contributed by atoms with Crippen molar-refractivity contribution in [2.45, 2.75) is 24.3 Å². The SMILES string of the molecule is CN1CCc2ccc(C(=O)N3CCC4(C(=O)Nc5ccccc54)C3c3cccnc3)nc21. The highest BCUT2D eigenvalue weighted by Crippen LogP contribution is 2.54. The minimum atomic E-state index is -0.844. The molecule has 2 unspecified atom stereocenters. The van der Waals surface area contributed by atoms with Crippen molar-refractivity contribution < 1.29 is 9.59 Å². The predicted octanol–water partition coefficient (Wildman–Crippen LogP) is 2.95. The summed E-state index contributed by atoms with van der Waals surface area (Å²) in [6.45, 7) is 1.37. The van der Waals surface area contributed by atoms with Crippen LogP contribution < -0.4 is 10.2 Å². The number of rotatable bonds is 2. The third-order valence-electron chi connectivity index (χ3n) is 7.10. The van der Waals surface area contributed by atoms with E-state index in [0.717, 1.165) is 41.2 Å². The van der Waals surface area contributed by atoms with Crippen LogP contribution in [0, 0.1) is 0 Å². The highest BCUT2D eigenvalue weighted by Gasteiger charge is 2.59. The lowest BCUT2D eigenvalue weighted by atomic mass is 9.73. The molecule has 2 amide bonds. The van der Waals surface area contributed by atoms with Gasteiger partial charge in [-0.25, -0.2) is 4.98 Å². The van der Waals surface area contributed by atoms with E-state index in [2.05, 4.69) is 15.2 Å². The highest BCUT2D eigenvalue weighted by molar-refractivity contribution is 6.08. The van der Waals surface area contributed by atoms with Gasteiger partial charge >= 0.3 is 0 Å². The van der Waals surface area contributed by atoms with E-state index in [1.165, 1.54) is 0 Å². The van der Waals surface area contributed by atoms with Gasteiger partial charge in [-0.15, -0.1) is 0 Å². The molecule has 1 saturated heterocycles. The first-order valence-electron chi connectivity index (χ1n) is 10.9. The fraction of sp³-hybridized carbons (Fsp3) is 0.280. The lowest BCUT2D eigenvalue weighted by Gasteiger charge is -2.34. The van der Waals surface area contributed by atoms with E-state index in [1.807, 2.05) is 60.5 Å². The van der Waals surface area contributed by atoms with Crippen LogP contribution in [0.1, 0.15) is 39.6 Å². The lowest BCUT2D eigenvalue weighted by molar-refractivity contribution is -0.121. The molecule has 0 aliphatic carbocycles. The maximum atomic E-state index is 13.8. The Morgan fingerprint density at radius 1 is 1.12 bits per heavy atom. The van der Waals surface area contributed by atoms with E-state index in [4.69, 9.17) is 4.98 Å². The topological polar surface area (TPSA) is 78.4 Å². The number of fused-ring (bicyclic) bond motifs is 3. The lowest BCUT2D eigenvalue weighted by Crippen LogP contribution is -2.42. The molecule has 3 aliphatic heterocycles. The van der Waals surface area contributed by atoms with E-state index in [9.17, 15) is 9.59 Å². The van der Waals surface area contributed by atoms with Crippen LogP contribution in [-0.4, -0.2) is 46.8 Å². The number of hydrogen-bond donors (Lipinski definition) is 1. The zero-order valence-corrected chi connectivity index (χ0v) is 17.8. The second-order valence-corrected chi connectivity index (χ2v) is 8.76. The molecule has 32 heavy (non-hydrogen) atoms. The number of anilines is 2. The zero-order valence-electron chi connectivity index (χ0n) is 17.8. The van der Waals surface area contributed by atoms with Crippen molar-refractivity contribution in [3.05, 3.63) is 83.3 Å². The molecular formula is C25H23N5O2. The summed E-state index contributed by atoms with van der Waals surface area (Å²) in [4.78, 5) is 40.1. The number of benzene rings is 1.